The van der Waals surface area contributed by atoms with Crippen molar-refractivity contribution in [2.24, 2.45) is 11.8 Å². The lowest BCUT2D eigenvalue weighted by Crippen LogP contribution is -2.32. The van der Waals surface area contributed by atoms with Crippen LogP contribution in [0.15, 0.2) is 36.4 Å². The molecule has 21 heavy (non-hydrogen) atoms. The highest BCUT2D eigenvalue weighted by Crippen LogP contribution is 2.38. The molecule has 2 amide bonds. The zero-order chi connectivity index (χ0) is 14.8. The normalized spacial score (nSPS) is 24.5. The summed E-state index contributed by atoms with van der Waals surface area (Å²) in [6.07, 6.45) is 5.39. The smallest absolute Gasteiger partial charge is 0.238 e. The minimum atomic E-state index is -0.172. The fraction of sp³-hybridized carbons (Fsp3) is 0.412. The van der Waals surface area contributed by atoms with Crippen LogP contribution in [0.5, 0.6) is 0 Å². The summed E-state index contributed by atoms with van der Waals surface area (Å²) < 4.78 is 0. The van der Waals surface area contributed by atoms with Crippen LogP contribution in [-0.2, 0) is 16.1 Å². The van der Waals surface area contributed by atoms with E-state index in [1.54, 1.807) is 0 Å². The molecule has 4 nitrogen and oxygen atoms in total. The minimum absolute atomic E-state index is 0.0432. The summed E-state index contributed by atoms with van der Waals surface area (Å²) in [6.45, 7) is 3.55. The van der Waals surface area contributed by atoms with Gasteiger partial charge in [0.1, 0.15) is 0 Å². The third-order valence-electron chi connectivity index (χ3n) is 4.31. The fourth-order valence-corrected chi connectivity index (χ4v) is 3.18. The van der Waals surface area contributed by atoms with Gasteiger partial charge in [0.2, 0.25) is 11.8 Å². The van der Waals surface area contributed by atoms with Crippen molar-refractivity contribution in [3.05, 3.63) is 42.0 Å². The monoisotopic (exact) mass is 284 g/mol. The van der Waals surface area contributed by atoms with Gasteiger partial charge in [-0.3, -0.25) is 9.59 Å². The molecule has 1 heterocycles. The Balaban J connectivity index is 1.94. The summed E-state index contributed by atoms with van der Waals surface area (Å²) in [5.41, 5.74) is 1.73. The van der Waals surface area contributed by atoms with Crippen LogP contribution >= 0.6 is 0 Å². The number of nitrogens with one attached hydrogen (secondary N) is 1. The predicted molar refractivity (Wildman–Crippen MR) is 81.7 cm³/mol. The average Bonchev–Trinajstić information content (AvgIpc) is 2.78. The fourth-order valence-electron chi connectivity index (χ4n) is 3.18. The number of imide groups is 1. The van der Waals surface area contributed by atoms with Gasteiger partial charge in [-0.2, -0.15) is 0 Å². The van der Waals surface area contributed by atoms with Gasteiger partial charge in [-0.05, 0) is 31.0 Å². The summed E-state index contributed by atoms with van der Waals surface area (Å²) in [4.78, 5) is 26.7. The molecule has 1 fully saturated rings. The van der Waals surface area contributed by atoms with Crippen LogP contribution in [0, 0.1) is 11.8 Å². The second-order valence-corrected chi connectivity index (χ2v) is 5.58. The molecule has 110 valence electrons. The van der Waals surface area contributed by atoms with Crippen molar-refractivity contribution in [2.45, 2.75) is 26.3 Å². The largest absolute Gasteiger partial charge is 0.313 e. The second-order valence-electron chi connectivity index (χ2n) is 5.58. The van der Waals surface area contributed by atoms with Crippen LogP contribution in [-0.4, -0.2) is 18.4 Å². The quantitative estimate of drug-likeness (QED) is 0.681. The molecule has 0 radical (unpaired) electrons. The summed E-state index contributed by atoms with van der Waals surface area (Å²) in [5.74, 6) is -0.430. The first-order valence-corrected chi connectivity index (χ1v) is 7.55. The van der Waals surface area contributed by atoms with Crippen LogP contribution in [0.1, 0.15) is 25.3 Å². The molecule has 2 unspecified atom stereocenters. The number of anilines is 1. The van der Waals surface area contributed by atoms with Gasteiger partial charge in [0.15, 0.2) is 0 Å². The van der Waals surface area contributed by atoms with Gasteiger partial charge in [0.05, 0.1) is 17.5 Å². The SMILES string of the molecule is CCNCc1ccccc1N1C(=O)C2CC=CCC2C1=O. The number of para-hydroxylation sites is 1. The molecule has 1 aromatic rings. The summed E-state index contributed by atoms with van der Waals surface area (Å²) in [6, 6.07) is 7.66. The number of carbonyl (C=O) groups excluding carboxylic acids is 2. The Morgan fingerprint density at radius 2 is 1.71 bits per heavy atom. The van der Waals surface area contributed by atoms with E-state index in [0.717, 1.165) is 17.8 Å². The van der Waals surface area contributed by atoms with E-state index in [4.69, 9.17) is 0 Å². The second kappa shape index (κ2) is 5.82. The van der Waals surface area contributed by atoms with Crippen molar-refractivity contribution in [3.8, 4) is 0 Å². The predicted octanol–water partition coefficient (Wildman–Crippen LogP) is 2.25. The molecule has 1 aromatic carbocycles. The van der Waals surface area contributed by atoms with E-state index in [9.17, 15) is 9.59 Å². The number of hydrogen-bond donors (Lipinski definition) is 1. The summed E-state index contributed by atoms with van der Waals surface area (Å²) >= 11 is 0. The lowest BCUT2D eigenvalue weighted by molar-refractivity contribution is -0.122. The summed E-state index contributed by atoms with van der Waals surface area (Å²) in [5, 5.41) is 3.26. The number of benzene rings is 1. The third kappa shape index (κ3) is 2.40. The van der Waals surface area contributed by atoms with Crippen molar-refractivity contribution < 1.29 is 9.59 Å². The Hall–Kier alpha value is -1.94. The van der Waals surface area contributed by atoms with E-state index >= 15 is 0 Å². The van der Waals surface area contributed by atoms with E-state index in [0.29, 0.717) is 19.4 Å². The van der Waals surface area contributed by atoms with Crippen LogP contribution in [0.3, 0.4) is 0 Å². The first-order chi connectivity index (χ1) is 10.2. The summed E-state index contributed by atoms with van der Waals surface area (Å²) in [7, 11) is 0. The molecule has 1 N–H and O–H groups in total. The van der Waals surface area contributed by atoms with Crippen molar-refractivity contribution in [1.82, 2.24) is 5.32 Å². The Morgan fingerprint density at radius 1 is 1.10 bits per heavy atom. The number of nitrogens with zero attached hydrogens (tertiary/aromatic N) is 1. The topological polar surface area (TPSA) is 49.4 Å². The van der Waals surface area contributed by atoms with E-state index < -0.39 is 0 Å². The lowest BCUT2D eigenvalue weighted by atomic mass is 9.85. The van der Waals surface area contributed by atoms with Gasteiger partial charge in [-0.15, -0.1) is 0 Å². The lowest BCUT2D eigenvalue weighted by Gasteiger charge is -2.19. The molecular formula is C17H20N2O2. The molecule has 2 atom stereocenters. The van der Waals surface area contributed by atoms with E-state index in [2.05, 4.69) is 5.32 Å². The highest BCUT2D eigenvalue weighted by atomic mass is 16.2. The van der Waals surface area contributed by atoms with Gasteiger partial charge in [-0.25, -0.2) is 4.90 Å². The van der Waals surface area contributed by atoms with Gasteiger partial charge in [-0.1, -0.05) is 37.3 Å². The number of carbonyl (C=O) groups is 2. The van der Waals surface area contributed by atoms with Crippen LogP contribution in [0.25, 0.3) is 0 Å². The van der Waals surface area contributed by atoms with Crippen molar-refractivity contribution >= 4 is 17.5 Å². The zero-order valence-electron chi connectivity index (χ0n) is 12.2. The van der Waals surface area contributed by atoms with Gasteiger partial charge in [0, 0.05) is 6.54 Å². The Labute approximate surface area is 124 Å². The van der Waals surface area contributed by atoms with Crippen molar-refractivity contribution in [3.63, 3.8) is 0 Å². The number of allylic oxidation sites excluding steroid dienone is 2. The van der Waals surface area contributed by atoms with Gasteiger partial charge in [0.25, 0.3) is 0 Å². The van der Waals surface area contributed by atoms with Gasteiger partial charge < -0.3 is 5.32 Å². The van der Waals surface area contributed by atoms with Crippen molar-refractivity contribution in [1.29, 1.82) is 0 Å². The van der Waals surface area contributed by atoms with Crippen LogP contribution < -0.4 is 10.2 Å². The molecule has 0 aromatic heterocycles. The molecule has 1 aliphatic heterocycles. The standard InChI is InChI=1S/C17H20N2O2/c1-2-18-11-12-7-3-6-10-15(12)19-16(20)13-8-4-5-9-14(13)17(19)21/h3-7,10,13-14,18H,2,8-9,11H2,1H3. The molecule has 1 aliphatic carbocycles. The number of fused-ring (bicyclic) bond motifs is 1. The minimum Gasteiger partial charge on any atom is -0.313 e. The maximum atomic E-state index is 12.6. The molecular weight excluding hydrogens is 264 g/mol. The molecule has 1 saturated heterocycles. The maximum Gasteiger partial charge on any atom is 0.238 e. The Bertz CT molecular complexity index is 568. The zero-order valence-corrected chi connectivity index (χ0v) is 12.2. The van der Waals surface area contributed by atoms with Crippen LogP contribution in [0.4, 0.5) is 5.69 Å². The first kappa shape index (κ1) is 14.0. The highest BCUT2D eigenvalue weighted by Gasteiger charge is 2.48. The first-order valence-electron chi connectivity index (χ1n) is 7.55. The van der Waals surface area contributed by atoms with E-state index in [1.165, 1.54) is 4.90 Å². The molecule has 0 saturated carbocycles. The third-order valence-corrected chi connectivity index (χ3v) is 4.31. The molecule has 4 heteroatoms. The molecule has 0 spiro atoms. The van der Waals surface area contributed by atoms with Gasteiger partial charge >= 0.3 is 0 Å². The Kier molecular flexibility index (Phi) is 3.88. The highest BCUT2D eigenvalue weighted by molar-refractivity contribution is 6.22. The van der Waals surface area contributed by atoms with Crippen molar-refractivity contribution in [2.75, 3.05) is 11.4 Å². The number of hydrogen-bond acceptors (Lipinski definition) is 3. The number of amides is 2. The number of rotatable bonds is 4. The maximum absolute atomic E-state index is 12.6. The van der Waals surface area contributed by atoms with Crippen LogP contribution in [0.2, 0.25) is 0 Å². The molecule has 3 rings (SSSR count). The average molecular weight is 284 g/mol. The molecule has 0 bridgehead atoms. The Morgan fingerprint density at radius 3 is 2.33 bits per heavy atom. The van der Waals surface area contributed by atoms with E-state index in [-0.39, 0.29) is 23.7 Å². The van der Waals surface area contributed by atoms with E-state index in [1.807, 2.05) is 43.3 Å². The molecule has 2 aliphatic rings.